The van der Waals surface area contributed by atoms with Gasteiger partial charge in [0, 0.05) is 38.2 Å². The summed E-state index contributed by atoms with van der Waals surface area (Å²) in [6.45, 7) is 2.21. The van der Waals surface area contributed by atoms with Crippen LogP contribution in [-0.4, -0.2) is 18.9 Å². The van der Waals surface area contributed by atoms with Crippen LogP contribution in [0.25, 0.3) is 0 Å². The van der Waals surface area contributed by atoms with Crippen molar-refractivity contribution < 1.29 is 4.79 Å². The summed E-state index contributed by atoms with van der Waals surface area (Å²) in [4.78, 5) is 13.4. The van der Waals surface area contributed by atoms with E-state index in [9.17, 15) is 4.79 Å². The molecule has 3 heteroatoms. The van der Waals surface area contributed by atoms with E-state index in [4.69, 9.17) is 5.73 Å². The van der Waals surface area contributed by atoms with E-state index in [0.29, 0.717) is 25.2 Å². The Morgan fingerprint density at radius 2 is 1.87 bits per heavy atom. The average Bonchev–Trinajstić information content (AvgIpc) is 2.30. The van der Waals surface area contributed by atoms with Gasteiger partial charge in [-0.15, -0.1) is 0 Å². The fourth-order valence-corrected chi connectivity index (χ4v) is 1.99. The van der Waals surface area contributed by atoms with Crippen LogP contribution in [0.5, 0.6) is 0 Å². The minimum absolute atomic E-state index is 0.372. The molecule has 0 radical (unpaired) electrons. The van der Waals surface area contributed by atoms with E-state index in [2.05, 4.69) is 11.0 Å². The predicted molar refractivity (Wildman–Crippen MR) is 60.8 cm³/mol. The van der Waals surface area contributed by atoms with Gasteiger partial charge in [-0.1, -0.05) is 18.2 Å². The summed E-state index contributed by atoms with van der Waals surface area (Å²) >= 11 is 0. The van der Waals surface area contributed by atoms with Crippen LogP contribution in [0, 0.1) is 0 Å². The van der Waals surface area contributed by atoms with Crippen LogP contribution >= 0.6 is 0 Å². The lowest BCUT2D eigenvalue weighted by molar-refractivity contribution is -0.119. The molecule has 15 heavy (non-hydrogen) atoms. The third-order valence-electron chi connectivity index (χ3n) is 2.87. The molecule has 0 amide bonds. The molecule has 2 N–H and O–H groups in total. The summed E-state index contributed by atoms with van der Waals surface area (Å²) in [5.74, 6) is 0.372. The molecule has 1 fully saturated rings. The van der Waals surface area contributed by atoms with Crippen LogP contribution in [0.15, 0.2) is 24.3 Å². The molecule has 0 atom stereocenters. The van der Waals surface area contributed by atoms with E-state index in [1.165, 1.54) is 5.69 Å². The van der Waals surface area contributed by atoms with Gasteiger partial charge in [0.1, 0.15) is 5.78 Å². The van der Waals surface area contributed by atoms with Crippen molar-refractivity contribution in [3.05, 3.63) is 29.8 Å². The Morgan fingerprint density at radius 1 is 1.20 bits per heavy atom. The first-order chi connectivity index (χ1) is 7.31. The highest BCUT2D eigenvalue weighted by Crippen LogP contribution is 2.22. The van der Waals surface area contributed by atoms with Crippen molar-refractivity contribution in [2.24, 2.45) is 5.73 Å². The molecule has 0 spiro atoms. The fourth-order valence-electron chi connectivity index (χ4n) is 1.99. The maximum absolute atomic E-state index is 11.1. The number of carbonyl (C=O) groups is 1. The Bertz CT molecular complexity index is 352. The number of benzene rings is 1. The number of nitrogens with zero attached hydrogens (tertiary/aromatic N) is 1. The SMILES string of the molecule is NCc1ccccc1N1CCC(=O)CC1. The number of hydrogen-bond acceptors (Lipinski definition) is 3. The molecule has 1 saturated heterocycles. The van der Waals surface area contributed by atoms with E-state index in [-0.39, 0.29) is 0 Å². The highest BCUT2D eigenvalue weighted by Gasteiger charge is 2.17. The van der Waals surface area contributed by atoms with E-state index in [1.54, 1.807) is 0 Å². The molecule has 0 bridgehead atoms. The Kier molecular flexibility index (Phi) is 3.02. The number of rotatable bonds is 2. The van der Waals surface area contributed by atoms with Crippen LogP contribution in [0.2, 0.25) is 0 Å². The molecular weight excluding hydrogens is 188 g/mol. The summed E-state index contributed by atoms with van der Waals surface area (Å²) in [6.07, 6.45) is 1.33. The molecule has 0 aromatic heterocycles. The standard InChI is InChI=1S/C12H16N2O/c13-9-10-3-1-2-4-12(10)14-7-5-11(15)6-8-14/h1-4H,5-9,13H2. The molecule has 1 aliphatic heterocycles. The number of Topliss-reactive ketones (excluding diaryl/α,β-unsaturated/α-hetero) is 1. The summed E-state index contributed by atoms with van der Waals surface area (Å²) in [5, 5.41) is 0. The van der Waals surface area contributed by atoms with E-state index >= 15 is 0 Å². The third kappa shape index (κ3) is 2.18. The first kappa shape index (κ1) is 10.2. The first-order valence-electron chi connectivity index (χ1n) is 5.36. The van der Waals surface area contributed by atoms with Gasteiger partial charge in [0.05, 0.1) is 0 Å². The zero-order valence-corrected chi connectivity index (χ0v) is 8.78. The van der Waals surface area contributed by atoms with Gasteiger partial charge in [-0.2, -0.15) is 0 Å². The van der Waals surface area contributed by atoms with Gasteiger partial charge in [-0.25, -0.2) is 0 Å². The third-order valence-corrected chi connectivity index (χ3v) is 2.87. The molecule has 0 saturated carbocycles. The predicted octanol–water partition coefficient (Wildman–Crippen LogP) is 1.31. The Morgan fingerprint density at radius 3 is 2.53 bits per heavy atom. The molecule has 0 aliphatic carbocycles. The molecular formula is C12H16N2O. The number of piperidine rings is 1. The highest BCUT2D eigenvalue weighted by molar-refractivity contribution is 5.81. The zero-order valence-electron chi connectivity index (χ0n) is 8.78. The van der Waals surface area contributed by atoms with Gasteiger partial charge in [0.15, 0.2) is 0 Å². The minimum Gasteiger partial charge on any atom is -0.370 e. The lowest BCUT2D eigenvalue weighted by Gasteiger charge is -2.29. The largest absolute Gasteiger partial charge is 0.370 e. The maximum Gasteiger partial charge on any atom is 0.136 e. The van der Waals surface area contributed by atoms with Crippen LogP contribution in [-0.2, 0) is 11.3 Å². The lowest BCUT2D eigenvalue weighted by atomic mass is 10.1. The van der Waals surface area contributed by atoms with Gasteiger partial charge >= 0.3 is 0 Å². The molecule has 3 nitrogen and oxygen atoms in total. The van der Waals surface area contributed by atoms with Crippen molar-refractivity contribution >= 4 is 11.5 Å². The normalized spacial score (nSPS) is 16.9. The second kappa shape index (κ2) is 4.45. The van der Waals surface area contributed by atoms with Gasteiger partial charge < -0.3 is 10.6 Å². The van der Waals surface area contributed by atoms with Crippen molar-refractivity contribution in [2.75, 3.05) is 18.0 Å². The van der Waals surface area contributed by atoms with Crippen LogP contribution in [0.3, 0.4) is 0 Å². The molecule has 0 unspecified atom stereocenters. The molecule has 1 aromatic rings. The minimum atomic E-state index is 0.372. The second-order valence-electron chi connectivity index (χ2n) is 3.86. The van der Waals surface area contributed by atoms with Crippen molar-refractivity contribution in [2.45, 2.75) is 19.4 Å². The van der Waals surface area contributed by atoms with Crippen molar-refractivity contribution in [3.8, 4) is 0 Å². The van der Waals surface area contributed by atoms with Crippen molar-refractivity contribution in [1.29, 1.82) is 0 Å². The highest BCUT2D eigenvalue weighted by atomic mass is 16.1. The van der Waals surface area contributed by atoms with Crippen LogP contribution in [0.4, 0.5) is 5.69 Å². The first-order valence-corrected chi connectivity index (χ1v) is 5.36. The number of carbonyl (C=O) groups excluding carboxylic acids is 1. The Balaban J connectivity index is 2.18. The Hall–Kier alpha value is -1.35. The summed E-state index contributed by atoms with van der Waals surface area (Å²) in [5.41, 5.74) is 8.04. The number of anilines is 1. The number of ketones is 1. The molecule has 1 aromatic carbocycles. The molecule has 1 heterocycles. The maximum atomic E-state index is 11.1. The monoisotopic (exact) mass is 204 g/mol. The number of hydrogen-bond donors (Lipinski definition) is 1. The number of para-hydroxylation sites is 1. The van der Waals surface area contributed by atoms with Crippen molar-refractivity contribution in [3.63, 3.8) is 0 Å². The van der Waals surface area contributed by atoms with E-state index in [0.717, 1.165) is 18.7 Å². The molecule has 1 aliphatic rings. The van der Waals surface area contributed by atoms with Crippen molar-refractivity contribution in [1.82, 2.24) is 0 Å². The zero-order chi connectivity index (χ0) is 10.7. The summed E-state index contributed by atoms with van der Waals surface area (Å²) in [7, 11) is 0. The lowest BCUT2D eigenvalue weighted by Crippen LogP contribution is -2.34. The van der Waals surface area contributed by atoms with E-state index < -0.39 is 0 Å². The van der Waals surface area contributed by atoms with E-state index in [1.807, 2.05) is 18.2 Å². The summed E-state index contributed by atoms with van der Waals surface area (Å²) < 4.78 is 0. The van der Waals surface area contributed by atoms with Gasteiger partial charge in [-0.05, 0) is 11.6 Å². The topological polar surface area (TPSA) is 46.3 Å². The molecule has 80 valence electrons. The van der Waals surface area contributed by atoms with Gasteiger partial charge in [0.2, 0.25) is 0 Å². The quantitative estimate of drug-likeness (QED) is 0.790. The van der Waals surface area contributed by atoms with Gasteiger partial charge in [0.25, 0.3) is 0 Å². The average molecular weight is 204 g/mol. The summed E-state index contributed by atoms with van der Waals surface area (Å²) in [6, 6.07) is 8.15. The smallest absolute Gasteiger partial charge is 0.136 e. The Labute approximate surface area is 89.9 Å². The number of nitrogens with two attached hydrogens (primary N) is 1. The van der Waals surface area contributed by atoms with Crippen LogP contribution < -0.4 is 10.6 Å². The van der Waals surface area contributed by atoms with Gasteiger partial charge in [-0.3, -0.25) is 4.79 Å². The van der Waals surface area contributed by atoms with Crippen LogP contribution in [0.1, 0.15) is 18.4 Å². The second-order valence-corrected chi connectivity index (χ2v) is 3.86. The fraction of sp³-hybridized carbons (Fsp3) is 0.417. The molecule has 2 rings (SSSR count).